The van der Waals surface area contributed by atoms with Gasteiger partial charge < -0.3 is 14.2 Å². The van der Waals surface area contributed by atoms with Gasteiger partial charge in [0.1, 0.15) is 23.9 Å². The molecular formula is C23H22N2O4. The van der Waals surface area contributed by atoms with Crippen LogP contribution in [0, 0.1) is 0 Å². The lowest BCUT2D eigenvalue weighted by molar-refractivity contribution is 0.0952. The van der Waals surface area contributed by atoms with Crippen molar-refractivity contribution in [2.45, 2.75) is 6.61 Å². The van der Waals surface area contributed by atoms with Crippen LogP contribution in [-0.2, 0) is 6.61 Å². The van der Waals surface area contributed by atoms with Gasteiger partial charge in [0.25, 0.3) is 5.91 Å². The van der Waals surface area contributed by atoms with Crippen molar-refractivity contribution in [2.75, 3.05) is 14.2 Å². The molecule has 0 aromatic heterocycles. The zero-order valence-electron chi connectivity index (χ0n) is 16.3. The van der Waals surface area contributed by atoms with Gasteiger partial charge >= 0.3 is 0 Å². The third-order valence-corrected chi connectivity index (χ3v) is 4.18. The van der Waals surface area contributed by atoms with Crippen LogP contribution in [0.15, 0.2) is 77.9 Å². The number of para-hydroxylation sites is 1. The molecule has 6 heteroatoms. The SMILES string of the molecule is COc1ccc(C(=O)N/N=C\c2ccccc2OCc2ccccc2)c(OC)c1. The number of ether oxygens (including phenoxy) is 3. The fourth-order valence-electron chi connectivity index (χ4n) is 2.66. The first-order valence-corrected chi connectivity index (χ1v) is 9.02. The number of carbonyl (C=O) groups excluding carboxylic acids is 1. The number of carbonyl (C=O) groups is 1. The molecule has 0 aliphatic rings. The maximum absolute atomic E-state index is 12.4. The van der Waals surface area contributed by atoms with Gasteiger partial charge in [-0.25, -0.2) is 5.43 Å². The Morgan fingerprint density at radius 3 is 2.45 bits per heavy atom. The van der Waals surface area contributed by atoms with E-state index >= 15 is 0 Å². The molecule has 1 amide bonds. The zero-order valence-corrected chi connectivity index (χ0v) is 16.3. The van der Waals surface area contributed by atoms with Gasteiger partial charge in [-0.15, -0.1) is 0 Å². The fourth-order valence-corrected chi connectivity index (χ4v) is 2.66. The molecule has 0 heterocycles. The number of hydrogen-bond donors (Lipinski definition) is 1. The van der Waals surface area contributed by atoms with Gasteiger partial charge in [0.05, 0.1) is 26.0 Å². The molecule has 0 saturated carbocycles. The van der Waals surface area contributed by atoms with Gasteiger partial charge in [0.2, 0.25) is 0 Å². The van der Waals surface area contributed by atoms with Crippen molar-refractivity contribution >= 4 is 12.1 Å². The van der Waals surface area contributed by atoms with Crippen LogP contribution in [0.4, 0.5) is 0 Å². The van der Waals surface area contributed by atoms with Crippen molar-refractivity contribution in [2.24, 2.45) is 5.10 Å². The second-order valence-electron chi connectivity index (χ2n) is 6.08. The minimum atomic E-state index is -0.386. The van der Waals surface area contributed by atoms with Gasteiger partial charge in [-0.2, -0.15) is 5.10 Å². The molecule has 3 aromatic rings. The van der Waals surface area contributed by atoms with E-state index in [0.29, 0.717) is 29.4 Å². The van der Waals surface area contributed by atoms with Crippen LogP contribution >= 0.6 is 0 Å². The monoisotopic (exact) mass is 390 g/mol. The molecule has 0 radical (unpaired) electrons. The Morgan fingerprint density at radius 1 is 0.931 bits per heavy atom. The van der Waals surface area contributed by atoms with Gasteiger partial charge in [0, 0.05) is 11.6 Å². The van der Waals surface area contributed by atoms with Crippen molar-refractivity contribution in [1.82, 2.24) is 5.43 Å². The summed E-state index contributed by atoms with van der Waals surface area (Å²) in [5.41, 5.74) is 4.70. The summed E-state index contributed by atoms with van der Waals surface area (Å²) >= 11 is 0. The number of methoxy groups -OCH3 is 2. The Kier molecular flexibility index (Phi) is 6.84. The second-order valence-corrected chi connectivity index (χ2v) is 6.08. The molecule has 3 aromatic carbocycles. The Morgan fingerprint density at radius 2 is 1.69 bits per heavy atom. The number of hydrazone groups is 1. The highest BCUT2D eigenvalue weighted by Gasteiger charge is 2.12. The Balaban J connectivity index is 1.67. The molecule has 3 rings (SSSR count). The first-order chi connectivity index (χ1) is 14.2. The molecule has 0 aliphatic heterocycles. The Bertz CT molecular complexity index is 987. The summed E-state index contributed by atoms with van der Waals surface area (Å²) in [6.07, 6.45) is 1.55. The quantitative estimate of drug-likeness (QED) is 0.465. The van der Waals surface area contributed by atoms with Crippen LogP contribution in [0.1, 0.15) is 21.5 Å². The number of benzene rings is 3. The third kappa shape index (κ3) is 5.35. The lowest BCUT2D eigenvalue weighted by Crippen LogP contribution is -2.18. The third-order valence-electron chi connectivity index (χ3n) is 4.18. The molecule has 0 saturated heterocycles. The van der Waals surface area contributed by atoms with Crippen molar-refractivity contribution in [1.29, 1.82) is 0 Å². The maximum Gasteiger partial charge on any atom is 0.275 e. The van der Waals surface area contributed by atoms with Gasteiger partial charge in [-0.05, 0) is 29.8 Å². The Labute approximate surface area is 169 Å². The Hall–Kier alpha value is -3.80. The van der Waals surface area contributed by atoms with Gasteiger partial charge in [-0.1, -0.05) is 42.5 Å². The van der Waals surface area contributed by atoms with E-state index in [0.717, 1.165) is 11.1 Å². The van der Waals surface area contributed by atoms with Crippen LogP contribution in [0.25, 0.3) is 0 Å². The summed E-state index contributed by atoms with van der Waals surface area (Å²) in [5.74, 6) is 1.30. The highest BCUT2D eigenvalue weighted by atomic mass is 16.5. The molecule has 6 nitrogen and oxygen atoms in total. The average molecular weight is 390 g/mol. The summed E-state index contributed by atoms with van der Waals surface area (Å²) in [6, 6.07) is 22.3. The van der Waals surface area contributed by atoms with E-state index in [1.54, 1.807) is 31.5 Å². The van der Waals surface area contributed by atoms with Crippen molar-refractivity contribution in [3.63, 3.8) is 0 Å². The van der Waals surface area contributed by atoms with Crippen LogP contribution in [0.2, 0.25) is 0 Å². The van der Waals surface area contributed by atoms with E-state index in [-0.39, 0.29) is 5.91 Å². The number of hydrogen-bond acceptors (Lipinski definition) is 5. The average Bonchev–Trinajstić information content (AvgIpc) is 2.78. The molecule has 0 unspecified atom stereocenters. The molecular weight excluding hydrogens is 368 g/mol. The highest BCUT2D eigenvalue weighted by Crippen LogP contribution is 2.24. The standard InChI is InChI=1S/C23H22N2O4/c1-27-19-12-13-20(22(14-19)28-2)23(26)25-24-15-18-10-6-7-11-21(18)29-16-17-8-4-3-5-9-17/h3-15H,16H2,1-2H3,(H,25,26)/b24-15-. The highest BCUT2D eigenvalue weighted by molar-refractivity contribution is 5.97. The van der Waals surface area contributed by atoms with E-state index in [4.69, 9.17) is 14.2 Å². The predicted octanol–water partition coefficient (Wildman–Crippen LogP) is 4.05. The molecule has 1 N–H and O–H groups in total. The van der Waals surface area contributed by atoms with Crippen LogP contribution in [0.3, 0.4) is 0 Å². The fraction of sp³-hybridized carbons (Fsp3) is 0.130. The summed E-state index contributed by atoms with van der Waals surface area (Å²) in [6.45, 7) is 0.446. The zero-order chi connectivity index (χ0) is 20.5. The maximum atomic E-state index is 12.4. The first kappa shape index (κ1) is 19.9. The topological polar surface area (TPSA) is 69.2 Å². The second kappa shape index (κ2) is 9.94. The summed E-state index contributed by atoms with van der Waals surface area (Å²) < 4.78 is 16.3. The summed E-state index contributed by atoms with van der Waals surface area (Å²) in [4.78, 5) is 12.4. The predicted molar refractivity (Wildman–Crippen MR) is 112 cm³/mol. The lowest BCUT2D eigenvalue weighted by atomic mass is 10.2. The minimum absolute atomic E-state index is 0.360. The lowest BCUT2D eigenvalue weighted by Gasteiger charge is -2.10. The molecule has 0 bridgehead atoms. The summed E-state index contributed by atoms with van der Waals surface area (Å²) in [7, 11) is 3.05. The molecule has 0 aliphatic carbocycles. The van der Waals surface area contributed by atoms with E-state index in [9.17, 15) is 4.79 Å². The molecule has 0 fully saturated rings. The number of nitrogens with one attached hydrogen (secondary N) is 1. The number of nitrogens with zero attached hydrogens (tertiary/aromatic N) is 1. The van der Waals surface area contributed by atoms with E-state index in [1.165, 1.54) is 7.11 Å². The number of rotatable bonds is 8. The van der Waals surface area contributed by atoms with Crippen molar-refractivity contribution in [3.8, 4) is 17.2 Å². The molecule has 0 atom stereocenters. The largest absolute Gasteiger partial charge is 0.497 e. The summed E-state index contributed by atoms with van der Waals surface area (Å²) in [5, 5.41) is 4.06. The first-order valence-electron chi connectivity index (χ1n) is 9.02. The van der Waals surface area contributed by atoms with E-state index < -0.39 is 0 Å². The van der Waals surface area contributed by atoms with E-state index in [2.05, 4.69) is 10.5 Å². The van der Waals surface area contributed by atoms with Crippen molar-refractivity contribution < 1.29 is 19.0 Å². The smallest absolute Gasteiger partial charge is 0.275 e. The van der Waals surface area contributed by atoms with Gasteiger partial charge in [0.15, 0.2) is 0 Å². The van der Waals surface area contributed by atoms with Crippen molar-refractivity contribution in [3.05, 3.63) is 89.5 Å². The molecule has 0 spiro atoms. The number of amides is 1. The molecule has 29 heavy (non-hydrogen) atoms. The molecule has 148 valence electrons. The van der Waals surface area contributed by atoms with Crippen LogP contribution < -0.4 is 19.6 Å². The van der Waals surface area contributed by atoms with Gasteiger partial charge in [-0.3, -0.25) is 4.79 Å². The van der Waals surface area contributed by atoms with Crippen LogP contribution in [0.5, 0.6) is 17.2 Å². The normalized spacial score (nSPS) is 10.6. The van der Waals surface area contributed by atoms with Crippen LogP contribution in [-0.4, -0.2) is 26.3 Å². The van der Waals surface area contributed by atoms with E-state index in [1.807, 2.05) is 54.6 Å². The minimum Gasteiger partial charge on any atom is -0.497 e.